The minimum atomic E-state index is -0.120. The first kappa shape index (κ1) is 10.8. The van der Waals surface area contributed by atoms with E-state index < -0.39 is 0 Å². The number of rotatable bonds is 3. The van der Waals surface area contributed by atoms with Gasteiger partial charge in [-0.05, 0) is 56.4 Å². The quantitative estimate of drug-likeness (QED) is 0.736. The molecule has 0 aromatic carbocycles. The van der Waals surface area contributed by atoms with Crippen molar-refractivity contribution in [2.75, 3.05) is 19.6 Å². The van der Waals surface area contributed by atoms with Crippen LogP contribution in [-0.4, -0.2) is 35.7 Å². The smallest absolute Gasteiger partial charge is 0.0552 e. The molecule has 2 bridgehead atoms. The Bertz CT molecular complexity index is 286. The first-order valence-electron chi connectivity index (χ1n) is 6.81. The number of nitrogens with zero attached hydrogens (tertiary/aromatic N) is 1. The van der Waals surface area contributed by atoms with Crippen molar-refractivity contribution in [2.24, 2.45) is 23.7 Å². The predicted molar refractivity (Wildman–Crippen MR) is 65.1 cm³/mol. The highest BCUT2D eigenvalue weighted by atomic mass is 16.3. The molecule has 1 saturated carbocycles. The van der Waals surface area contributed by atoms with Crippen LogP contribution in [0.5, 0.6) is 0 Å². The van der Waals surface area contributed by atoms with E-state index in [9.17, 15) is 5.11 Å². The van der Waals surface area contributed by atoms with Crippen molar-refractivity contribution < 1.29 is 5.11 Å². The van der Waals surface area contributed by atoms with Crippen molar-refractivity contribution in [3.8, 4) is 0 Å². The molecule has 1 heterocycles. The van der Waals surface area contributed by atoms with Gasteiger partial charge in [0.15, 0.2) is 0 Å². The van der Waals surface area contributed by atoms with E-state index in [0.29, 0.717) is 5.92 Å². The van der Waals surface area contributed by atoms with Crippen LogP contribution in [0.2, 0.25) is 0 Å². The highest BCUT2D eigenvalue weighted by Gasteiger charge is 2.37. The SMILES string of the molecule is CC(O)C1CCN(CC2CC3C=CC2C3)C1. The number of aliphatic hydroxyl groups excluding tert-OH is 1. The van der Waals surface area contributed by atoms with Gasteiger partial charge in [-0.15, -0.1) is 0 Å². The third-order valence-corrected chi connectivity index (χ3v) is 4.90. The zero-order valence-electron chi connectivity index (χ0n) is 10.2. The predicted octanol–water partition coefficient (Wildman–Crippen LogP) is 1.90. The fourth-order valence-electron chi connectivity index (χ4n) is 3.86. The summed E-state index contributed by atoms with van der Waals surface area (Å²) >= 11 is 0. The van der Waals surface area contributed by atoms with E-state index in [2.05, 4.69) is 17.1 Å². The van der Waals surface area contributed by atoms with Gasteiger partial charge in [0.1, 0.15) is 0 Å². The lowest BCUT2D eigenvalue weighted by molar-refractivity contribution is 0.125. The first-order valence-corrected chi connectivity index (χ1v) is 6.81. The molecule has 3 aliphatic rings. The average molecular weight is 221 g/mol. The van der Waals surface area contributed by atoms with Crippen LogP contribution >= 0.6 is 0 Å². The molecular weight excluding hydrogens is 198 g/mol. The van der Waals surface area contributed by atoms with Gasteiger partial charge in [-0.3, -0.25) is 0 Å². The summed E-state index contributed by atoms with van der Waals surface area (Å²) < 4.78 is 0. The number of allylic oxidation sites excluding steroid dienone is 2. The Labute approximate surface area is 98.3 Å². The summed E-state index contributed by atoms with van der Waals surface area (Å²) in [7, 11) is 0. The Morgan fingerprint density at radius 3 is 2.81 bits per heavy atom. The molecule has 5 atom stereocenters. The Morgan fingerprint density at radius 1 is 1.38 bits per heavy atom. The molecule has 3 rings (SSSR count). The lowest BCUT2D eigenvalue weighted by atomic mass is 9.93. The Balaban J connectivity index is 1.51. The lowest BCUT2D eigenvalue weighted by Crippen LogP contribution is -2.30. The van der Waals surface area contributed by atoms with Gasteiger partial charge in [0.25, 0.3) is 0 Å². The van der Waals surface area contributed by atoms with Crippen LogP contribution in [0.3, 0.4) is 0 Å². The third kappa shape index (κ3) is 1.93. The average Bonchev–Trinajstić information content (AvgIpc) is 2.91. The van der Waals surface area contributed by atoms with E-state index in [1.54, 1.807) is 0 Å². The van der Waals surface area contributed by atoms with Crippen molar-refractivity contribution in [2.45, 2.75) is 32.3 Å². The summed E-state index contributed by atoms with van der Waals surface area (Å²) in [6.45, 7) is 5.53. The first-order chi connectivity index (χ1) is 7.72. The normalized spacial score (nSPS) is 44.4. The molecule has 1 saturated heterocycles. The van der Waals surface area contributed by atoms with E-state index in [1.165, 1.54) is 32.4 Å². The van der Waals surface area contributed by atoms with Gasteiger partial charge in [-0.2, -0.15) is 0 Å². The summed E-state index contributed by atoms with van der Waals surface area (Å²) in [4.78, 5) is 2.58. The van der Waals surface area contributed by atoms with E-state index in [0.717, 1.165) is 24.3 Å². The minimum absolute atomic E-state index is 0.120. The molecule has 2 nitrogen and oxygen atoms in total. The molecule has 1 N–H and O–H groups in total. The monoisotopic (exact) mass is 221 g/mol. The molecule has 0 amide bonds. The maximum absolute atomic E-state index is 9.60. The van der Waals surface area contributed by atoms with Crippen LogP contribution in [0.25, 0.3) is 0 Å². The van der Waals surface area contributed by atoms with E-state index in [1.807, 2.05) is 6.92 Å². The second-order valence-corrected chi connectivity index (χ2v) is 6.09. The third-order valence-electron chi connectivity index (χ3n) is 4.90. The van der Waals surface area contributed by atoms with Crippen LogP contribution in [-0.2, 0) is 0 Å². The highest BCUT2D eigenvalue weighted by Crippen LogP contribution is 2.44. The van der Waals surface area contributed by atoms with Crippen molar-refractivity contribution in [1.82, 2.24) is 4.90 Å². The van der Waals surface area contributed by atoms with E-state index in [-0.39, 0.29) is 6.10 Å². The standard InChI is InChI=1S/C14H23NO/c1-10(16)13-4-5-15(8-13)9-14-7-11-2-3-12(14)6-11/h2-3,10-14,16H,4-9H2,1H3. The van der Waals surface area contributed by atoms with Gasteiger partial charge < -0.3 is 10.0 Å². The topological polar surface area (TPSA) is 23.5 Å². The van der Waals surface area contributed by atoms with Crippen molar-refractivity contribution in [3.63, 3.8) is 0 Å². The van der Waals surface area contributed by atoms with Crippen molar-refractivity contribution in [1.29, 1.82) is 0 Å². The largest absolute Gasteiger partial charge is 0.393 e. The maximum Gasteiger partial charge on any atom is 0.0552 e. The van der Waals surface area contributed by atoms with Crippen molar-refractivity contribution in [3.05, 3.63) is 12.2 Å². The van der Waals surface area contributed by atoms with Gasteiger partial charge >= 0.3 is 0 Å². The number of likely N-dealkylation sites (tertiary alicyclic amines) is 1. The van der Waals surface area contributed by atoms with Gasteiger partial charge in [-0.1, -0.05) is 12.2 Å². The number of aliphatic hydroxyl groups is 1. The fraction of sp³-hybridized carbons (Fsp3) is 0.857. The molecule has 16 heavy (non-hydrogen) atoms. The van der Waals surface area contributed by atoms with Crippen LogP contribution in [0.15, 0.2) is 12.2 Å². The summed E-state index contributed by atoms with van der Waals surface area (Å²) in [5.41, 5.74) is 0. The fourth-order valence-corrected chi connectivity index (χ4v) is 3.86. The molecule has 5 unspecified atom stereocenters. The van der Waals surface area contributed by atoms with Crippen LogP contribution in [0.1, 0.15) is 26.2 Å². The lowest BCUT2D eigenvalue weighted by Gasteiger charge is -2.25. The van der Waals surface area contributed by atoms with Gasteiger partial charge in [0.05, 0.1) is 6.10 Å². The molecule has 2 heteroatoms. The molecule has 1 aliphatic heterocycles. The molecule has 2 aliphatic carbocycles. The minimum Gasteiger partial charge on any atom is -0.393 e. The molecule has 0 spiro atoms. The zero-order chi connectivity index (χ0) is 11.1. The summed E-state index contributed by atoms with van der Waals surface area (Å²) in [5, 5.41) is 9.60. The van der Waals surface area contributed by atoms with Crippen LogP contribution < -0.4 is 0 Å². The summed E-state index contributed by atoms with van der Waals surface area (Å²) in [6.07, 6.45) is 8.76. The molecule has 0 aromatic heterocycles. The second kappa shape index (κ2) is 4.15. The van der Waals surface area contributed by atoms with Crippen LogP contribution in [0.4, 0.5) is 0 Å². The van der Waals surface area contributed by atoms with Crippen molar-refractivity contribution >= 4 is 0 Å². The Kier molecular flexibility index (Phi) is 2.80. The zero-order valence-corrected chi connectivity index (χ0v) is 10.2. The molecule has 0 aromatic rings. The van der Waals surface area contributed by atoms with Gasteiger partial charge in [-0.25, -0.2) is 0 Å². The van der Waals surface area contributed by atoms with E-state index in [4.69, 9.17) is 0 Å². The van der Waals surface area contributed by atoms with Gasteiger partial charge in [0.2, 0.25) is 0 Å². The molecule has 0 radical (unpaired) electrons. The highest BCUT2D eigenvalue weighted by molar-refractivity contribution is 5.10. The Morgan fingerprint density at radius 2 is 2.25 bits per heavy atom. The molecule has 90 valence electrons. The number of fused-ring (bicyclic) bond motifs is 2. The molecular formula is C14H23NO. The molecule has 2 fully saturated rings. The Hall–Kier alpha value is -0.340. The summed E-state index contributed by atoms with van der Waals surface area (Å²) in [6, 6.07) is 0. The second-order valence-electron chi connectivity index (χ2n) is 6.09. The summed E-state index contributed by atoms with van der Waals surface area (Å²) in [5.74, 6) is 3.19. The van der Waals surface area contributed by atoms with E-state index >= 15 is 0 Å². The number of hydrogen-bond acceptors (Lipinski definition) is 2. The van der Waals surface area contributed by atoms with Gasteiger partial charge in [0, 0.05) is 13.1 Å². The van der Waals surface area contributed by atoms with Crippen LogP contribution in [0, 0.1) is 23.7 Å². The number of hydrogen-bond donors (Lipinski definition) is 1. The maximum atomic E-state index is 9.60.